The molecule has 0 spiro atoms. The molecule has 0 amide bonds. The van der Waals surface area contributed by atoms with Gasteiger partial charge in [-0.3, -0.25) is 23.3 Å². The Balaban J connectivity index is 2.10. The molecule has 6 heteroatoms. The third-order valence-electron chi connectivity index (χ3n) is 2.90. The minimum atomic E-state index is -2.96. The van der Waals surface area contributed by atoms with Gasteiger partial charge in [0.25, 0.3) is 0 Å². The number of anilines is 2. The highest BCUT2D eigenvalue weighted by molar-refractivity contribution is 8.26. The Morgan fingerprint density at radius 1 is 1.12 bits per heavy atom. The summed E-state index contributed by atoms with van der Waals surface area (Å²) in [5.74, 6) is 0.134. The second-order valence-corrected chi connectivity index (χ2v) is 5.59. The average molecular weight is 240 g/mol. The molecule has 4 N–H and O–H groups in total. The van der Waals surface area contributed by atoms with Crippen molar-refractivity contribution in [1.29, 1.82) is 0 Å². The zero-order valence-corrected chi connectivity index (χ0v) is 9.30. The summed E-state index contributed by atoms with van der Waals surface area (Å²) < 4.78 is 24.1. The number of aryl methyl sites for hydroxylation is 1. The Labute approximate surface area is 94.5 Å². The van der Waals surface area contributed by atoms with Gasteiger partial charge in [0.05, 0.1) is 11.4 Å². The Kier molecular flexibility index (Phi) is 1.95. The maximum Gasteiger partial charge on any atom is 0.163 e. The maximum atomic E-state index is 11.7. The van der Waals surface area contributed by atoms with E-state index in [1.807, 2.05) is 6.07 Å². The lowest BCUT2D eigenvalue weighted by Crippen LogP contribution is -2.10. The molecule has 0 saturated heterocycles. The summed E-state index contributed by atoms with van der Waals surface area (Å²) >= 11 is 0. The monoisotopic (exact) mass is 240 g/mol. The number of nitrogens with one attached hydrogen (secondary N) is 2. The van der Waals surface area contributed by atoms with Crippen molar-refractivity contribution in [3.8, 4) is 0 Å². The Morgan fingerprint density at radius 3 is 2.56 bits per heavy atom. The van der Waals surface area contributed by atoms with Crippen molar-refractivity contribution in [3.05, 3.63) is 23.3 Å². The van der Waals surface area contributed by atoms with Crippen molar-refractivity contribution in [2.45, 2.75) is 19.3 Å². The van der Waals surface area contributed by atoms with Crippen LogP contribution in [0, 0.1) is 0 Å². The fraction of sp³-hybridized carbons (Fsp3) is 0.300. The fourth-order valence-electron chi connectivity index (χ4n) is 2.19. The summed E-state index contributed by atoms with van der Waals surface area (Å²) in [4.78, 5) is 11.7. The molecule has 1 aromatic rings. The predicted octanol–water partition coefficient (Wildman–Crippen LogP) is 2.62. The minimum Gasteiger partial charge on any atom is -0.294 e. The fourth-order valence-corrected chi connectivity index (χ4v) is 3.19. The van der Waals surface area contributed by atoms with Gasteiger partial charge >= 0.3 is 0 Å². The molecule has 0 unspecified atom stereocenters. The van der Waals surface area contributed by atoms with Crippen LogP contribution in [0.15, 0.2) is 12.1 Å². The molecular weight excluding hydrogens is 228 g/mol. The van der Waals surface area contributed by atoms with Crippen molar-refractivity contribution in [1.82, 2.24) is 0 Å². The summed E-state index contributed by atoms with van der Waals surface area (Å²) in [7, 11) is -2.96. The van der Waals surface area contributed by atoms with E-state index in [9.17, 15) is 13.9 Å². The number of hydrogen-bond acceptors (Lipinski definition) is 5. The van der Waals surface area contributed by atoms with Crippen molar-refractivity contribution < 1.29 is 13.9 Å². The molecule has 86 valence electrons. The number of fused-ring (bicyclic) bond motifs is 2. The minimum absolute atomic E-state index is 0.134. The van der Waals surface area contributed by atoms with Crippen LogP contribution in [0.2, 0.25) is 0 Å². The van der Waals surface area contributed by atoms with Gasteiger partial charge in [-0.25, -0.2) is 0 Å². The highest BCUT2D eigenvalue weighted by atomic mass is 32.3. The molecule has 0 atom stereocenters. The molecule has 16 heavy (non-hydrogen) atoms. The summed E-state index contributed by atoms with van der Waals surface area (Å²) in [6, 6.07) is 3.54. The van der Waals surface area contributed by atoms with Crippen LogP contribution >= 0.6 is 11.0 Å². The van der Waals surface area contributed by atoms with E-state index in [1.165, 1.54) is 0 Å². The van der Waals surface area contributed by atoms with E-state index in [1.54, 1.807) is 6.07 Å². The highest BCUT2D eigenvalue weighted by Crippen LogP contribution is 2.50. The molecular formula is C10H12N2O3S. The SMILES string of the molecule is O=C1CCCc2cc3c(cc21)NS(O)(O)N3. The van der Waals surface area contributed by atoms with E-state index < -0.39 is 11.0 Å². The topological polar surface area (TPSA) is 81.6 Å². The van der Waals surface area contributed by atoms with E-state index >= 15 is 0 Å². The van der Waals surface area contributed by atoms with Crippen molar-refractivity contribution in [3.63, 3.8) is 0 Å². The van der Waals surface area contributed by atoms with E-state index in [-0.39, 0.29) is 5.78 Å². The number of carbonyl (C=O) groups is 1. The Bertz CT molecular complexity index is 487. The number of carbonyl (C=O) groups excluding carboxylic acids is 1. The van der Waals surface area contributed by atoms with Crippen LogP contribution in [0.1, 0.15) is 28.8 Å². The van der Waals surface area contributed by atoms with Crippen LogP contribution in [-0.2, 0) is 6.42 Å². The lowest BCUT2D eigenvalue weighted by molar-refractivity contribution is 0.0972. The van der Waals surface area contributed by atoms with Crippen molar-refractivity contribution in [2.75, 3.05) is 9.44 Å². The van der Waals surface area contributed by atoms with Crippen LogP contribution in [0.4, 0.5) is 11.4 Å². The maximum absolute atomic E-state index is 11.7. The average Bonchev–Trinajstić information content (AvgIpc) is 2.48. The standard InChI is InChI=1S/C10H12N2O3S/c13-10-3-1-2-6-4-8-9(5-7(6)10)12-16(14,15)11-8/h4-5,11-12,14-15H,1-3H2. The smallest absolute Gasteiger partial charge is 0.163 e. The molecule has 2 aliphatic rings. The van der Waals surface area contributed by atoms with Crippen LogP contribution < -0.4 is 9.44 Å². The van der Waals surface area contributed by atoms with Crippen molar-refractivity contribution in [2.24, 2.45) is 0 Å². The van der Waals surface area contributed by atoms with Gasteiger partial charge in [0.15, 0.2) is 5.78 Å². The molecule has 0 radical (unpaired) electrons. The Hall–Kier alpha value is -1.24. The van der Waals surface area contributed by atoms with E-state index in [0.717, 1.165) is 18.4 Å². The summed E-state index contributed by atoms with van der Waals surface area (Å²) in [5, 5.41) is 0. The summed E-state index contributed by atoms with van der Waals surface area (Å²) in [5.41, 5.74) is 2.94. The molecule has 3 rings (SSSR count). The van der Waals surface area contributed by atoms with Crippen LogP contribution in [-0.4, -0.2) is 14.9 Å². The molecule has 5 nitrogen and oxygen atoms in total. The van der Waals surface area contributed by atoms with Gasteiger partial charge in [0.2, 0.25) is 0 Å². The first kappa shape index (κ1) is 9.95. The second kappa shape index (κ2) is 3.13. The third kappa shape index (κ3) is 1.46. The molecule has 0 fully saturated rings. The van der Waals surface area contributed by atoms with Gasteiger partial charge in [-0.05, 0) is 41.5 Å². The predicted molar refractivity (Wildman–Crippen MR) is 63.8 cm³/mol. The third-order valence-corrected chi connectivity index (χ3v) is 3.91. The first-order valence-electron chi connectivity index (χ1n) is 5.09. The molecule has 1 heterocycles. The van der Waals surface area contributed by atoms with Gasteiger partial charge in [-0.15, -0.1) is 0 Å². The summed E-state index contributed by atoms with van der Waals surface area (Å²) in [6.07, 6.45) is 2.32. The number of benzene rings is 1. The normalized spacial score (nSPS) is 22.8. The number of hydrogen-bond donors (Lipinski definition) is 4. The summed E-state index contributed by atoms with van der Waals surface area (Å²) in [6.45, 7) is 0. The highest BCUT2D eigenvalue weighted by Gasteiger charge is 2.27. The van der Waals surface area contributed by atoms with Gasteiger partial charge < -0.3 is 0 Å². The molecule has 1 aromatic carbocycles. The zero-order valence-electron chi connectivity index (χ0n) is 8.49. The lowest BCUT2D eigenvalue weighted by Gasteiger charge is -2.26. The van der Waals surface area contributed by atoms with Crippen molar-refractivity contribution >= 4 is 28.1 Å². The van der Waals surface area contributed by atoms with Gasteiger partial charge in [-0.1, -0.05) is 0 Å². The van der Waals surface area contributed by atoms with Gasteiger partial charge in [0, 0.05) is 12.0 Å². The molecule has 0 saturated carbocycles. The molecule has 0 aromatic heterocycles. The largest absolute Gasteiger partial charge is 0.294 e. The van der Waals surface area contributed by atoms with E-state index in [4.69, 9.17) is 0 Å². The quantitative estimate of drug-likeness (QED) is 0.560. The van der Waals surface area contributed by atoms with Gasteiger partial charge in [0.1, 0.15) is 0 Å². The first-order chi connectivity index (χ1) is 7.55. The zero-order chi connectivity index (χ0) is 11.3. The van der Waals surface area contributed by atoms with Crippen LogP contribution in [0.25, 0.3) is 0 Å². The Morgan fingerprint density at radius 2 is 1.81 bits per heavy atom. The van der Waals surface area contributed by atoms with Crippen LogP contribution in [0.3, 0.4) is 0 Å². The number of Topliss-reactive ketones (excluding diaryl/α,β-unsaturated/α-hetero) is 1. The number of rotatable bonds is 0. The van der Waals surface area contributed by atoms with E-state index in [0.29, 0.717) is 23.4 Å². The van der Waals surface area contributed by atoms with E-state index in [2.05, 4.69) is 9.44 Å². The second-order valence-electron chi connectivity index (χ2n) is 4.08. The number of ketones is 1. The molecule has 0 bridgehead atoms. The molecule has 1 aliphatic carbocycles. The van der Waals surface area contributed by atoms with Crippen LogP contribution in [0.5, 0.6) is 0 Å². The molecule has 1 aliphatic heterocycles. The van der Waals surface area contributed by atoms with Gasteiger partial charge in [-0.2, -0.15) is 0 Å². The first-order valence-corrected chi connectivity index (χ1v) is 6.64. The lowest BCUT2D eigenvalue weighted by atomic mass is 9.90.